The number of aryl methyl sites for hydroxylation is 1. The zero-order chi connectivity index (χ0) is 12.3. The number of hydrogen-bond acceptors (Lipinski definition) is 3. The summed E-state index contributed by atoms with van der Waals surface area (Å²) in [7, 11) is 0. The summed E-state index contributed by atoms with van der Waals surface area (Å²) < 4.78 is 0. The van der Waals surface area contributed by atoms with Crippen molar-refractivity contribution >= 4 is 11.6 Å². The van der Waals surface area contributed by atoms with E-state index in [1.54, 1.807) is 0 Å². The molecule has 1 aliphatic heterocycles. The predicted octanol–water partition coefficient (Wildman–Crippen LogP) is 0.877. The van der Waals surface area contributed by atoms with E-state index in [0.717, 1.165) is 38.2 Å². The van der Waals surface area contributed by atoms with Crippen LogP contribution in [0.25, 0.3) is 0 Å². The molecule has 4 heteroatoms. The van der Waals surface area contributed by atoms with Gasteiger partial charge in [0, 0.05) is 31.9 Å². The van der Waals surface area contributed by atoms with Gasteiger partial charge in [-0.15, -0.1) is 0 Å². The molecule has 0 aliphatic carbocycles. The highest BCUT2D eigenvalue weighted by atomic mass is 16.2. The lowest BCUT2D eigenvalue weighted by molar-refractivity contribution is 0.0737. The second kappa shape index (κ2) is 5.19. The number of carbonyl (C=O) groups excluding carboxylic acids is 1. The predicted molar refractivity (Wildman–Crippen MR) is 69.0 cm³/mol. The van der Waals surface area contributed by atoms with Crippen LogP contribution in [-0.2, 0) is 6.42 Å². The average Bonchev–Trinajstić information content (AvgIpc) is 2.39. The molecule has 0 atom stereocenters. The van der Waals surface area contributed by atoms with Crippen molar-refractivity contribution in [2.24, 2.45) is 0 Å². The summed E-state index contributed by atoms with van der Waals surface area (Å²) in [6.07, 6.45) is 0.919. The molecular weight excluding hydrogens is 214 g/mol. The Morgan fingerprint density at radius 3 is 2.76 bits per heavy atom. The number of piperazine rings is 1. The van der Waals surface area contributed by atoms with Crippen LogP contribution in [0, 0.1) is 0 Å². The Kier molecular flexibility index (Phi) is 3.64. The number of amides is 1. The van der Waals surface area contributed by atoms with E-state index in [4.69, 9.17) is 5.73 Å². The first-order valence-electron chi connectivity index (χ1n) is 6.10. The van der Waals surface area contributed by atoms with Crippen LogP contribution in [0.1, 0.15) is 22.8 Å². The molecule has 0 radical (unpaired) electrons. The summed E-state index contributed by atoms with van der Waals surface area (Å²) in [5.41, 5.74) is 8.26. The van der Waals surface area contributed by atoms with Crippen LogP contribution in [-0.4, -0.2) is 37.0 Å². The van der Waals surface area contributed by atoms with E-state index in [-0.39, 0.29) is 5.91 Å². The van der Waals surface area contributed by atoms with Crippen molar-refractivity contribution in [3.05, 3.63) is 29.3 Å². The van der Waals surface area contributed by atoms with Gasteiger partial charge in [-0.25, -0.2) is 0 Å². The normalized spacial score (nSPS) is 15.9. The third-order valence-corrected chi connectivity index (χ3v) is 3.16. The van der Waals surface area contributed by atoms with Gasteiger partial charge in [-0.2, -0.15) is 0 Å². The van der Waals surface area contributed by atoms with E-state index in [0.29, 0.717) is 11.3 Å². The molecular formula is C13H19N3O. The second-order valence-electron chi connectivity index (χ2n) is 4.32. The van der Waals surface area contributed by atoms with Gasteiger partial charge < -0.3 is 16.0 Å². The molecule has 0 aromatic heterocycles. The van der Waals surface area contributed by atoms with Crippen LogP contribution in [0.5, 0.6) is 0 Å². The van der Waals surface area contributed by atoms with Gasteiger partial charge in [-0.05, 0) is 24.1 Å². The van der Waals surface area contributed by atoms with Gasteiger partial charge in [-0.1, -0.05) is 13.0 Å². The quantitative estimate of drug-likeness (QED) is 0.745. The SMILES string of the molecule is CCc1ccc(N)c(C(=O)N2CCNCC2)c1. The maximum atomic E-state index is 12.3. The Hall–Kier alpha value is -1.55. The molecule has 0 saturated carbocycles. The zero-order valence-corrected chi connectivity index (χ0v) is 10.2. The van der Waals surface area contributed by atoms with E-state index in [1.165, 1.54) is 0 Å². The Morgan fingerprint density at radius 1 is 1.41 bits per heavy atom. The van der Waals surface area contributed by atoms with Crippen molar-refractivity contribution in [2.75, 3.05) is 31.9 Å². The summed E-state index contributed by atoms with van der Waals surface area (Å²) in [6, 6.07) is 5.72. The highest BCUT2D eigenvalue weighted by molar-refractivity contribution is 5.99. The highest BCUT2D eigenvalue weighted by Crippen LogP contribution is 2.17. The number of nitrogen functional groups attached to an aromatic ring is 1. The summed E-state index contributed by atoms with van der Waals surface area (Å²) in [4.78, 5) is 14.2. The van der Waals surface area contributed by atoms with E-state index < -0.39 is 0 Å². The maximum absolute atomic E-state index is 12.3. The molecule has 1 aliphatic rings. The fourth-order valence-corrected chi connectivity index (χ4v) is 2.05. The maximum Gasteiger partial charge on any atom is 0.256 e. The lowest BCUT2D eigenvalue weighted by Crippen LogP contribution is -2.46. The summed E-state index contributed by atoms with van der Waals surface area (Å²) in [5, 5.41) is 3.23. The number of rotatable bonds is 2. The number of nitrogens with two attached hydrogens (primary N) is 1. The standard InChI is InChI=1S/C13H19N3O/c1-2-10-3-4-12(14)11(9-10)13(17)16-7-5-15-6-8-16/h3-4,9,15H,2,5-8,14H2,1H3. The molecule has 2 rings (SSSR count). The number of carbonyl (C=O) groups is 1. The first-order valence-corrected chi connectivity index (χ1v) is 6.10. The third-order valence-electron chi connectivity index (χ3n) is 3.16. The molecule has 1 fully saturated rings. The summed E-state index contributed by atoms with van der Waals surface area (Å²) >= 11 is 0. The molecule has 0 bridgehead atoms. The number of nitrogens with one attached hydrogen (secondary N) is 1. The molecule has 0 unspecified atom stereocenters. The molecule has 1 aromatic carbocycles. The van der Waals surface area contributed by atoms with E-state index in [1.807, 2.05) is 23.1 Å². The molecule has 3 N–H and O–H groups in total. The second-order valence-corrected chi connectivity index (χ2v) is 4.32. The lowest BCUT2D eigenvalue weighted by atomic mass is 10.1. The molecule has 1 heterocycles. The summed E-state index contributed by atoms with van der Waals surface area (Å²) in [5.74, 6) is 0.0549. The van der Waals surface area contributed by atoms with Crippen LogP contribution in [0.15, 0.2) is 18.2 Å². The van der Waals surface area contributed by atoms with Gasteiger partial charge >= 0.3 is 0 Å². The molecule has 1 saturated heterocycles. The Balaban J connectivity index is 2.22. The van der Waals surface area contributed by atoms with Gasteiger partial charge in [0.05, 0.1) is 5.56 Å². The first kappa shape index (κ1) is 11.9. The lowest BCUT2D eigenvalue weighted by Gasteiger charge is -2.28. The molecule has 4 nitrogen and oxygen atoms in total. The van der Waals surface area contributed by atoms with Gasteiger partial charge in [0.2, 0.25) is 0 Å². The molecule has 92 valence electrons. The average molecular weight is 233 g/mol. The fourth-order valence-electron chi connectivity index (χ4n) is 2.05. The minimum atomic E-state index is 0.0549. The largest absolute Gasteiger partial charge is 0.398 e. The summed E-state index contributed by atoms with van der Waals surface area (Å²) in [6.45, 7) is 5.31. The number of nitrogens with zero attached hydrogens (tertiary/aromatic N) is 1. The van der Waals surface area contributed by atoms with Gasteiger partial charge in [-0.3, -0.25) is 4.79 Å². The van der Waals surface area contributed by atoms with E-state index in [9.17, 15) is 4.79 Å². The van der Waals surface area contributed by atoms with Crippen molar-refractivity contribution in [3.63, 3.8) is 0 Å². The number of benzene rings is 1. The first-order chi connectivity index (χ1) is 8.22. The Labute approximate surface area is 102 Å². The molecule has 0 spiro atoms. The van der Waals surface area contributed by atoms with Crippen LogP contribution in [0.3, 0.4) is 0 Å². The zero-order valence-electron chi connectivity index (χ0n) is 10.2. The number of anilines is 1. The molecule has 1 amide bonds. The van der Waals surface area contributed by atoms with Gasteiger partial charge in [0.15, 0.2) is 0 Å². The van der Waals surface area contributed by atoms with Crippen molar-refractivity contribution in [1.29, 1.82) is 0 Å². The minimum absolute atomic E-state index is 0.0549. The highest BCUT2D eigenvalue weighted by Gasteiger charge is 2.19. The van der Waals surface area contributed by atoms with Crippen molar-refractivity contribution in [3.8, 4) is 0 Å². The fraction of sp³-hybridized carbons (Fsp3) is 0.462. The van der Waals surface area contributed by atoms with Crippen molar-refractivity contribution < 1.29 is 4.79 Å². The van der Waals surface area contributed by atoms with E-state index in [2.05, 4.69) is 12.2 Å². The smallest absolute Gasteiger partial charge is 0.256 e. The van der Waals surface area contributed by atoms with Crippen LogP contribution in [0.4, 0.5) is 5.69 Å². The van der Waals surface area contributed by atoms with E-state index >= 15 is 0 Å². The Bertz CT molecular complexity index is 411. The topological polar surface area (TPSA) is 58.4 Å². The minimum Gasteiger partial charge on any atom is -0.398 e. The van der Waals surface area contributed by atoms with Gasteiger partial charge in [0.25, 0.3) is 5.91 Å². The van der Waals surface area contributed by atoms with Crippen molar-refractivity contribution in [1.82, 2.24) is 10.2 Å². The third kappa shape index (κ3) is 2.58. The van der Waals surface area contributed by atoms with Crippen LogP contribution < -0.4 is 11.1 Å². The molecule has 17 heavy (non-hydrogen) atoms. The van der Waals surface area contributed by atoms with Crippen molar-refractivity contribution in [2.45, 2.75) is 13.3 Å². The monoisotopic (exact) mass is 233 g/mol. The van der Waals surface area contributed by atoms with Gasteiger partial charge in [0.1, 0.15) is 0 Å². The van der Waals surface area contributed by atoms with Crippen LogP contribution >= 0.6 is 0 Å². The Morgan fingerprint density at radius 2 is 2.12 bits per heavy atom. The van der Waals surface area contributed by atoms with Crippen LogP contribution in [0.2, 0.25) is 0 Å². The molecule has 1 aromatic rings. The number of hydrogen-bond donors (Lipinski definition) is 2.